The van der Waals surface area contributed by atoms with Gasteiger partial charge in [0.2, 0.25) is 5.95 Å². The molecule has 0 unspecified atom stereocenters. The molecule has 5 N–H and O–H groups in total. The van der Waals surface area contributed by atoms with Gasteiger partial charge in [0.1, 0.15) is 5.82 Å². The van der Waals surface area contributed by atoms with Gasteiger partial charge < -0.3 is 15.7 Å². The molecule has 0 bridgehead atoms. The summed E-state index contributed by atoms with van der Waals surface area (Å²) >= 11 is 1.62. The Balaban J connectivity index is 1.34. The summed E-state index contributed by atoms with van der Waals surface area (Å²) in [6.45, 7) is 1.26. The predicted molar refractivity (Wildman–Crippen MR) is 151 cm³/mol. The quantitative estimate of drug-likeness (QED) is 0.246. The first-order chi connectivity index (χ1) is 18.4. The van der Waals surface area contributed by atoms with Gasteiger partial charge in [-0.2, -0.15) is 17.7 Å². The maximum absolute atomic E-state index is 11.7. The number of aliphatic hydroxyl groups excluding tert-OH is 1. The van der Waals surface area contributed by atoms with Crippen LogP contribution in [0, 0.1) is 0 Å². The highest BCUT2D eigenvalue weighted by Crippen LogP contribution is 2.33. The zero-order valence-corrected chi connectivity index (χ0v) is 22.4. The van der Waals surface area contributed by atoms with E-state index in [4.69, 9.17) is 15.1 Å². The lowest BCUT2D eigenvalue weighted by molar-refractivity contribution is 0.279. The van der Waals surface area contributed by atoms with E-state index in [1.165, 1.54) is 4.31 Å². The zero-order valence-electron chi connectivity index (χ0n) is 20.7. The number of aliphatic hydroxyl groups is 1. The maximum Gasteiger partial charge on any atom is 0.276 e. The van der Waals surface area contributed by atoms with Crippen molar-refractivity contribution in [3.63, 3.8) is 0 Å². The first-order valence-electron chi connectivity index (χ1n) is 12.4. The summed E-state index contributed by atoms with van der Waals surface area (Å²) in [5, 5.41) is 22.8. The summed E-state index contributed by atoms with van der Waals surface area (Å²) in [6, 6.07) is 23.9. The summed E-state index contributed by atoms with van der Waals surface area (Å²) in [5.74, 6) is 1.22. The third kappa shape index (κ3) is 6.25. The van der Waals surface area contributed by atoms with Gasteiger partial charge in [-0.3, -0.25) is 0 Å². The molecule has 1 fully saturated rings. The molecule has 0 aliphatic carbocycles. The fraction of sp³-hybridized carbons (Fsp3) is 0.259. The van der Waals surface area contributed by atoms with Crippen LogP contribution in [0.1, 0.15) is 24.0 Å². The molecule has 11 heteroatoms. The Bertz CT molecular complexity index is 1520. The molecule has 9 nitrogen and oxygen atoms in total. The molecule has 2 heterocycles. The van der Waals surface area contributed by atoms with Crippen molar-refractivity contribution in [2.45, 2.75) is 41.8 Å². The van der Waals surface area contributed by atoms with Gasteiger partial charge in [-0.1, -0.05) is 60.3 Å². The number of nitrogens with one attached hydrogen (secondary N) is 2. The Morgan fingerprint density at radius 2 is 1.55 bits per heavy atom. The number of hydrogen-bond donors (Lipinski definition) is 4. The fourth-order valence-electron chi connectivity index (χ4n) is 4.49. The van der Waals surface area contributed by atoms with Crippen LogP contribution >= 0.6 is 11.8 Å². The van der Waals surface area contributed by atoms with Gasteiger partial charge in [-0.15, -0.1) is 0 Å². The highest BCUT2D eigenvalue weighted by Gasteiger charge is 2.26. The van der Waals surface area contributed by atoms with Crippen molar-refractivity contribution in [1.82, 2.24) is 14.3 Å². The molecule has 0 radical (unpaired) electrons. The smallest absolute Gasteiger partial charge is 0.276 e. The second kappa shape index (κ2) is 11.7. The van der Waals surface area contributed by atoms with Crippen LogP contribution in [0.5, 0.6) is 0 Å². The van der Waals surface area contributed by atoms with E-state index in [1.54, 1.807) is 11.8 Å². The Labute approximate surface area is 226 Å². The Morgan fingerprint density at radius 1 is 0.921 bits per heavy atom. The molecule has 0 amide bonds. The van der Waals surface area contributed by atoms with Gasteiger partial charge in [-0.25, -0.2) is 10.1 Å². The van der Waals surface area contributed by atoms with Crippen LogP contribution in [-0.2, 0) is 23.4 Å². The van der Waals surface area contributed by atoms with Crippen molar-refractivity contribution in [2.75, 3.05) is 23.7 Å². The van der Waals surface area contributed by atoms with Crippen LogP contribution in [0.25, 0.3) is 10.9 Å². The maximum atomic E-state index is 11.7. The van der Waals surface area contributed by atoms with Crippen molar-refractivity contribution in [3.8, 4) is 0 Å². The van der Waals surface area contributed by atoms with E-state index in [9.17, 15) is 13.5 Å². The van der Waals surface area contributed by atoms with Crippen molar-refractivity contribution in [2.24, 2.45) is 5.14 Å². The molecule has 0 saturated carbocycles. The number of para-hydroxylation sites is 1. The van der Waals surface area contributed by atoms with Crippen LogP contribution < -0.4 is 15.8 Å². The minimum atomic E-state index is -3.67. The van der Waals surface area contributed by atoms with Crippen LogP contribution in [0.4, 0.5) is 11.8 Å². The van der Waals surface area contributed by atoms with Crippen molar-refractivity contribution in [1.29, 1.82) is 0 Å². The largest absolute Gasteiger partial charge is 0.392 e. The van der Waals surface area contributed by atoms with Gasteiger partial charge >= 0.3 is 0 Å². The minimum absolute atomic E-state index is 0.00857. The molecule has 5 rings (SSSR count). The number of nitrogens with two attached hydrogens (primary N) is 1. The second-order valence-electron chi connectivity index (χ2n) is 9.10. The molecule has 1 saturated heterocycles. The first kappa shape index (κ1) is 26.4. The summed E-state index contributed by atoms with van der Waals surface area (Å²) in [7, 11) is -3.67. The van der Waals surface area contributed by atoms with Gasteiger partial charge in [0.05, 0.1) is 12.1 Å². The SMILES string of the molecule is NS(=O)(=O)N1CCC(Nc2nc(NCc3ccccc3Sc3ccccc3CO)nc3ccccc23)CC1. The molecule has 1 aliphatic heterocycles. The van der Waals surface area contributed by atoms with Gasteiger partial charge in [0, 0.05) is 40.9 Å². The molecular weight excluding hydrogens is 520 g/mol. The molecule has 4 aromatic rings. The zero-order chi connectivity index (χ0) is 26.5. The van der Waals surface area contributed by atoms with E-state index in [0.717, 1.165) is 31.8 Å². The highest BCUT2D eigenvalue weighted by atomic mass is 32.2. The van der Waals surface area contributed by atoms with Crippen molar-refractivity contribution < 1.29 is 13.5 Å². The number of anilines is 2. The topological polar surface area (TPSA) is 133 Å². The van der Waals surface area contributed by atoms with E-state index in [1.807, 2.05) is 60.7 Å². The van der Waals surface area contributed by atoms with Gasteiger partial charge in [0.25, 0.3) is 10.2 Å². The second-order valence-corrected chi connectivity index (χ2v) is 11.7. The van der Waals surface area contributed by atoms with Crippen molar-refractivity contribution >= 4 is 44.6 Å². The van der Waals surface area contributed by atoms with Crippen LogP contribution in [0.15, 0.2) is 82.6 Å². The molecule has 1 aromatic heterocycles. The Hall–Kier alpha value is -3.22. The highest BCUT2D eigenvalue weighted by molar-refractivity contribution is 7.99. The third-order valence-electron chi connectivity index (χ3n) is 6.53. The number of hydrogen-bond acceptors (Lipinski definition) is 8. The van der Waals surface area contributed by atoms with Crippen molar-refractivity contribution in [3.05, 3.63) is 83.9 Å². The number of nitrogens with zero attached hydrogens (tertiary/aromatic N) is 3. The number of benzene rings is 3. The third-order valence-corrected chi connectivity index (χ3v) is 8.85. The van der Waals surface area contributed by atoms with E-state index in [0.29, 0.717) is 44.2 Å². The summed E-state index contributed by atoms with van der Waals surface area (Å²) in [6.07, 6.45) is 1.27. The predicted octanol–water partition coefficient (Wildman–Crippen LogP) is 3.97. The monoisotopic (exact) mass is 550 g/mol. The fourth-order valence-corrected chi connectivity index (χ4v) is 6.27. The van der Waals surface area contributed by atoms with E-state index in [2.05, 4.69) is 22.8 Å². The van der Waals surface area contributed by atoms with E-state index >= 15 is 0 Å². The van der Waals surface area contributed by atoms with E-state index < -0.39 is 10.2 Å². The molecule has 0 atom stereocenters. The van der Waals surface area contributed by atoms with E-state index in [-0.39, 0.29) is 12.6 Å². The van der Waals surface area contributed by atoms with Crippen LogP contribution in [-0.4, -0.2) is 46.9 Å². The molecule has 38 heavy (non-hydrogen) atoms. The lowest BCUT2D eigenvalue weighted by Gasteiger charge is -2.30. The first-order valence-corrected chi connectivity index (χ1v) is 14.7. The summed E-state index contributed by atoms with van der Waals surface area (Å²) in [5.41, 5.74) is 2.80. The summed E-state index contributed by atoms with van der Waals surface area (Å²) < 4.78 is 24.6. The van der Waals surface area contributed by atoms with Gasteiger partial charge in [0.15, 0.2) is 0 Å². The number of fused-ring (bicyclic) bond motifs is 1. The van der Waals surface area contributed by atoms with Crippen LogP contribution in [0.3, 0.4) is 0 Å². The molecule has 3 aromatic carbocycles. The summed E-state index contributed by atoms with van der Waals surface area (Å²) in [4.78, 5) is 11.6. The number of aromatic nitrogens is 2. The Morgan fingerprint density at radius 3 is 2.26 bits per heavy atom. The molecule has 0 spiro atoms. The average molecular weight is 551 g/mol. The normalized spacial score (nSPS) is 15.0. The van der Waals surface area contributed by atoms with Gasteiger partial charge in [-0.05, 0) is 48.2 Å². The standard InChI is InChI=1S/C27H30N6O3S2/c28-38(35,36)33-15-13-21(14-16-33)30-26-22-9-3-4-10-23(22)31-27(32-26)29-17-19-7-1-5-11-24(19)37-25-12-6-2-8-20(25)18-34/h1-12,21,34H,13-18H2,(H2,28,35,36)(H2,29,30,31,32). The van der Waals surface area contributed by atoms with Crippen LogP contribution in [0.2, 0.25) is 0 Å². The molecular formula is C27H30N6O3S2. The lowest BCUT2D eigenvalue weighted by Crippen LogP contribution is -2.45. The average Bonchev–Trinajstić information content (AvgIpc) is 2.93. The number of rotatable bonds is 9. The number of piperidine rings is 1. The Kier molecular flexibility index (Phi) is 8.10. The molecule has 198 valence electrons. The molecule has 1 aliphatic rings. The minimum Gasteiger partial charge on any atom is -0.392 e. The lowest BCUT2D eigenvalue weighted by atomic mass is 10.1.